The molecule has 1 heterocycles. The minimum atomic E-state index is -1.24. The van der Waals surface area contributed by atoms with Crippen LogP contribution in [0.2, 0.25) is 0 Å². The summed E-state index contributed by atoms with van der Waals surface area (Å²) in [6.45, 7) is -0.116. The van der Waals surface area contributed by atoms with Gasteiger partial charge in [-0.3, -0.25) is 14.4 Å². The molecule has 0 fully saturated rings. The molecule has 1 aliphatic heterocycles. The maximum atomic E-state index is 12.4. The third-order valence-corrected chi connectivity index (χ3v) is 3.54. The standard InChI is InChI=1S/C16H18N2O6/c1-24-11-4-2-3-10(7-11)9-18-6-5-12(19)14(16(18)23)15(22)17-8-13(20)21/h2-4,7,19H,5-6,8-9H2,1H3,(H,17,22)(H,20,21). The minimum Gasteiger partial charge on any atom is -0.511 e. The molecule has 0 aliphatic carbocycles. The number of nitrogens with zero attached hydrogens (tertiary/aromatic N) is 1. The number of rotatable bonds is 6. The molecule has 8 heteroatoms. The average molecular weight is 334 g/mol. The number of benzene rings is 1. The first kappa shape index (κ1) is 17.3. The van der Waals surface area contributed by atoms with Gasteiger partial charge in [0, 0.05) is 19.5 Å². The predicted molar refractivity (Wildman–Crippen MR) is 83.3 cm³/mol. The van der Waals surface area contributed by atoms with Gasteiger partial charge in [-0.15, -0.1) is 0 Å². The Kier molecular flexibility index (Phi) is 5.41. The van der Waals surface area contributed by atoms with Crippen LogP contribution in [0.4, 0.5) is 0 Å². The van der Waals surface area contributed by atoms with Crippen LogP contribution in [-0.2, 0) is 20.9 Å². The van der Waals surface area contributed by atoms with Crippen molar-refractivity contribution in [1.82, 2.24) is 10.2 Å². The second kappa shape index (κ2) is 7.49. The van der Waals surface area contributed by atoms with E-state index < -0.39 is 29.9 Å². The quantitative estimate of drug-likeness (QED) is 0.650. The van der Waals surface area contributed by atoms with Gasteiger partial charge in [0.05, 0.1) is 7.11 Å². The van der Waals surface area contributed by atoms with E-state index in [0.717, 1.165) is 5.56 Å². The zero-order chi connectivity index (χ0) is 17.7. The molecule has 1 aromatic rings. The SMILES string of the molecule is COc1cccc(CN2CCC(O)=C(C(=O)NCC(=O)O)C2=O)c1. The molecular weight excluding hydrogens is 316 g/mol. The first-order valence-electron chi connectivity index (χ1n) is 7.26. The van der Waals surface area contributed by atoms with Gasteiger partial charge in [-0.2, -0.15) is 0 Å². The van der Waals surface area contributed by atoms with E-state index in [2.05, 4.69) is 5.32 Å². The van der Waals surface area contributed by atoms with E-state index in [-0.39, 0.29) is 25.3 Å². The number of carboxylic acid groups (broad SMARTS) is 1. The Morgan fingerprint density at radius 1 is 1.38 bits per heavy atom. The molecule has 1 aliphatic rings. The molecule has 0 saturated heterocycles. The first-order chi connectivity index (χ1) is 11.4. The number of hydrogen-bond acceptors (Lipinski definition) is 5. The fourth-order valence-electron chi connectivity index (χ4n) is 2.36. The number of amides is 2. The van der Waals surface area contributed by atoms with E-state index >= 15 is 0 Å². The lowest BCUT2D eigenvalue weighted by Gasteiger charge is -2.28. The van der Waals surface area contributed by atoms with Crippen LogP contribution in [0.3, 0.4) is 0 Å². The average Bonchev–Trinajstić information content (AvgIpc) is 2.56. The summed E-state index contributed by atoms with van der Waals surface area (Å²) in [5.74, 6) is -2.45. The number of carbonyl (C=O) groups excluding carboxylic acids is 2. The summed E-state index contributed by atoms with van der Waals surface area (Å²) in [4.78, 5) is 36.3. The van der Waals surface area contributed by atoms with Crippen molar-refractivity contribution in [3.8, 4) is 5.75 Å². The van der Waals surface area contributed by atoms with Crippen molar-refractivity contribution in [3.63, 3.8) is 0 Å². The Balaban J connectivity index is 2.13. The van der Waals surface area contributed by atoms with Crippen LogP contribution in [0.15, 0.2) is 35.6 Å². The van der Waals surface area contributed by atoms with Crippen LogP contribution in [-0.4, -0.2) is 53.1 Å². The lowest BCUT2D eigenvalue weighted by atomic mass is 10.0. The number of carboxylic acids is 1. The van der Waals surface area contributed by atoms with Crippen molar-refractivity contribution in [1.29, 1.82) is 0 Å². The number of methoxy groups -OCH3 is 1. The van der Waals surface area contributed by atoms with E-state index in [4.69, 9.17) is 9.84 Å². The van der Waals surface area contributed by atoms with Gasteiger partial charge < -0.3 is 25.2 Å². The Bertz CT molecular complexity index is 698. The molecule has 128 valence electrons. The Labute approximate surface area is 138 Å². The molecule has 1 aromatic carbocycles. The van der Waals surface area contributed by atoms with Crippen LogP contribution in [0.25, 0.3) is 0 Å². The largest absolute Gasteiger partial charge is 0.511 e. The molecular formula is C16H18N2O6. The zero-order valence-electron chi connectivity index (χ0n) is 13.1. The number of carbonyl (C=O) groups is 3. The van der Waals surface area contributed by atoms with Gasteiger partial charge >= 0.3 is 5.97 Å². The van der Waals surface area contributed by atoms with E-state index in [1.165, 1.54) is 12.0 Å². The molecule has 0 unspecified atom stereocenters. The zero-order valence-corrected chi connectivity index (χ0v) is 13.1. The van der Waals surface area contributed by atoms with E-state index in [1.807, 2.05) is 6.07 Å². The summed E-state index contributed by atoms with van der Waals surface area (Å²) in [7, 11) is 1.54. The highest BCUT2D eigenvalue weighted by atomic mass is 16.5. The summed E-state index contributed by atoms with van der Waals surface area (Å²) in [5.41, 5.74) is 0.403. The summed E-state index contributed by atoms with van der Waals surface area (Å²) >= 11 is 0. The number of nitrogens with one attached hydrogen (secondary N) is 1. The van der Waals surface area contributed by atoms with Crippen molar-refractivity contribution in [2.45, 2.75) is 13.0 Å². The molecule has 0 bridgehead atoms. The molecule has 8 nitrogen and oxygen atoms in total. The van der Waals surface area contributed by atoms with Crippen molar-refractivity contribution in [2.75, 3.05) is 20.2 Å². The van der Waals surface area contributed by atoms with Gasteiger partial charge in [-0.05, 0) is 17.7 Å². The Morgan fingerprint density at radius 2 is 2.12 bits per heavy atom. The molecule has 0 atom stereocenters. The van der Waals surface area contributed by atoms with E-state index in [1.54, 1.807) is 18.2 Å². The maximum Gasteiger partial charge on any atom is 0.322 e. The van der Waals surface area contributed by atoms with Gasteiger partial charge in [0.25, 0.3) is 11.8 Å². The molecule has 0 radical (unpaired) electrons. The molecule has 0 spiro atoms. The number of hydrogen-bond donors (Lipinski definition) is 3. The van der Waals surface area contributed by atoms with Gasteiger partial charge in [0.1, 0.15) is 23.6 Å². The summed E-state index contributed by atoms with van der Waals surface area (Å²) < 4.78 is 5.13. The van der Waals surface area contributed by atoms with Gasteiger partial charge in [-0.25, -0.2) is 0 Å². The molecule has 24 heavy (non-hydrogen) atoms. The highest BCUT2D eigenvalue weighted by Gasteiger charge is 2.32. The molecule has 2 amide bonds. The summed E-state index contributed by atoms with van der Waals surface area (Å²) in [6, 6.07) is 7.15. The lowest BCUT2D eigenvalue weighted by Crippen LogP contribution is -2.43. The van der Waals surface area contributed by atoms with E-state index in [0.29, 0.717) is 5.75 Å². The third kappa shape index (κ3) is 4.03. The smallest absolute Gasteiger partial charge is 0.322 e. The van der Waals surface area contributed by atoms with Crippen LogP contribution in [0.5, 0.6) is 5.75 Å². The van der Waals surface area contributed by atoms with Crippen LogP contribution in [0, 0.1) is 0 Å². The topological polar surface area (TPSA) is 116 Å². The first-order valence-corrected chi connectivity index (χ1v) is 7.26. The maximum absolute atomic E-state index is 12.4. The third-order valence-electron chi connectivity index (χ3n) is 3.54. The fourth-order valence-corrected chi connectivity index (χ4v) is 2.36. The molecule has 0 saturated carbocycles. The monoisotopic (exact) mass is 334 g/mol. The molecule has 2 rings (SSSR count). The highest BCUT2D eigenvalue weighted by molar-refractivity contribution is 6.19. The number of aliphatic hydroxyl groups excluding tert-OH is 1. The molecule has 3 N–H and O–H groups in total. The normalized spacial score (nSPS) is 14.5. The number of ether oxygens (including phenoxy) is 1. The molecule has 0 aromatic heterocycles. The van der Waals surface area contributed by atoms with Crippen LogP contribution < -0.4 is 10.1 Å². The van der Waals surface area contributed by atoms with E-state index in [9.17, 15) is 19.5 Å². The number of aliphatic hydroxyl groups is 1. The van der Waals surface area contributed by atoms with Crippen LogP contribution >= 0.6 is 0 Å². The second-order valence-electron chi connectivity index (χ2n) is 5.23. The summed E-state index contributed by atoms with van der Waals surface area (Å²) in [5, 5.41) is 20.5. The van der Waals surface area contributed by atoms with Crippen molar-refractivity contribution in [3.05, 3.63) is 41.2 Å². The van der Waals surface area contributed by atoms with Crippen molar-refractivity contribution < 1.29 is 29.3 Å². The predicted octanol–water partition coefficient (Wildman–Crippen LogP) is 0.440. The van der Waals surface area contributed by atoms with Gasteiger partial charge in [-0.1, -0.05) is 12.1 Å². The van der Waals surface area contributed by atoms with Crippen molar-refractivity contribution in [2.24, 2.45) is 0 Å². The number of aliphatic carboxylic acids is 1. The Hall–Kier alpha value is -3.03. The second-order valence-corrected chi connectivity index (χ2v) is 5.23. The minimum absolute atomic E-state index is 0.130. The Morgan fingerprint density at radius 3 is 2.79 bits per heavy atom. The van der Waals surface area contributed by atoms with Crippen LogP contribution in [0.1, 0.15) is 12.0 Å². The van der Waals surface area contributed by atoms with Gasteiger partial charge in [0.15, 0.2) is 0 Å². The summed E-state index contributed by atoms with van der Waals surface area (Å²) in [6.07, 6.45) is 0.130. The highest BCUT2D eigenvalue weighted by Crippen LogP contribution is 2.21. The van der Waals surface area contributed by atoms with Crippen molar-refractivity contribution >= 4 is 17.8 Å². The fraction of sp³-hybridized carbons (Fsp3) is 0.312. The van der Waals surface area contributed by atoms with Gasteiger partial charge in [0.2, 0.25) is 0 Å². The lowest BCUT2D eigenvalue weighted by molar-refractivity contribution is -0.138.